The van der Waals surface area contributed by atoms with Crippen molar-refractivity contribution in [2.24, 2.45) is 5.73 Å². The number of hydrogen-bond donors (Lipinski definition) is 1. The van der Waals surface area contributed by atoms with Crippen LogP contribution in [0.5, 0.6) is 0 Å². The first-order valence-electron chi connectivity index (χ1n) is 5.38. The minimum absolute atomic E-state index is 0.166. The van der Waals surface area contributed by atoms with Crippen LogP contribution in [0.1, 0.15) is 17.2 Å². The van der Waals surface area contributed by atoms with Gasteiger partial charge in [-0.05, 0) is 28.5 Å². The van der Waals surface area contributed by atoms with Crippen molar-refractivity contribution >= 4 is 11.3 Å². The summed E-state index contributed by atoms with van der Waals surface area (Å²) in [6, 6.07) is 8.59. The number of benzene rings is 1. The van der Waals surface area contributed by atoms with E-state index in [1.54, 1.807) is 29.5 Å². The van der Waals surface area contributed by atoms with E-state index in [1.165, 1.54) is 6.07 Å². The molecule has 0 aliphatic carbocycles. The van der Waals surface area contributed by atoms with Gasteiger partial charge in [-0.25, -0.2) is 4.39 Å². The first-order valence-corrected chi connectivity index (χ1v) is 6.32. The number of rotatable bonds is 5. The third-order valence-corrected chi connectivity index (χ3v) is 3.23. The predicted octanol–water partition coefficient (Wildman–Crippen LogP) is 3.10. The van der Waals surface area contributed by atoms with E-state index < -0.39 is 0 Å². The van der Waals surface area contributed by atoms with Crippen LogP contribution < -0.4 is 5.73 Å². The van der Waals surface area contributed by atoms with Crippen LogP contribution in [0.2, 0.25) is 0 Å². The van der Waals surface area contributed by atoms with Crippen LogP contribution in [-0.4, -0.2) is 6.54 Å². The average molecular weight is 251 g/mol. The van der Waals surface area contributed by atoms with E-state index in [1.807, 2.05) is 16.8 Å². The summed E-state index contributed by atoms with van der Waals surface area (Å²) < 4.78 is 19.0. The van der Waals surface area contributed by atoms with Crippen molar-refractivity contribution in [3.8, 4) is 0 Å². The fraction of sp³-hybridized carbons (Fsp3) is 0.231. The Morgan fingerprint density at radius 2 is 2.12 bits per heavy atom. The van der Waals surface area contributed by atoms with Gasteiger partial charge in [-0.3, -0.25) is 0 Å². The van der Waals surface area contributed by atoms with E-state index in [4.69, 9.17) is 10.5 Å². The Labute approximate surface area is 104 Å². The molecule has 0 bridgehead atoms. The second kappa shape index (κ2) is 5.91. The van der Waals surface area contributed by atoms with E-state index in [0.29, 0.717) is 12.1 Å². The van der Waals surface area contributed by atoms with Crippen molar-refractivity contribution in [3.05, 3.63) is 58.0 Å². The van der Waals surface area contributed by atoms with Crippen molar-refractivity contribution in [3.63, 3.8) is 0 Å². The number of nitrogens with two attached hydrogens (primary N) is 1. The van der Waals surface area contributed by atoms with E-state index in [2.05, 4.69) is 0 Å². The van der Waals surface area contributed by atoms with E-state index in [9.17, 15) is 4.39 Å². The topological polar surface area (TPSA) is 35.2 Å². The van der Waals surface area contributed by atoms with E-state index in [0.717, 1.165) is 5.56 Å². The van der Waals surface area contributed by atoms with Gasteiger partial charge in [0.05, 0.1) is 12.7 Å². The normalized spacial score (nSPS) is 12.6. The molecule has 1 aromatic carbocycles. The van der Waals surface area contributed by atoms with Gasteiger partial charge < -0.3 is 10.5 Å². The number of hydrogen-bond acceptors (Lipinski definition) is 3. The third-order valence-electron chi connectivity index (χ3n) is 2.53. The fourth-order valence-corrected chi connectivity index (χ4v) is 2.27. The first-order chi connectivity index (χ1) is 8.31. The second-order valence-corrected chi connectivity index (χ2v) is 4.46. The number of ether oxygens (including phenoxy) is 1. The molecule has 2 N–H and O–H groups in total. The molecule has 1 heterocycles. The van der Waals surface area contributed by atoms with Gasteiger partial charge in [0.25, 0.3) is 0 Å². The number of halogens is 1. The Hall–Kier alpha value is -1.23. The summed E-state index contributed by atoms with van der Waals surface area (Å²) in [6.45, 7) is 0.634. The van der Waals surface area contributed by atoms with Crippen LogP contribution >= 0.6 is 11.3 Å². The smallest absolute Gasteiger partial charge is 0.128 e. The molecule has 0 radical (unpaired) electrons. The van der Waals surface area contributed by atoms with Crippen molar-refractivity contribution in [2.75, 3.05) is 6.54 Å². The summed E-state index contributed by atoms with van der Waals surface area (Å²) in [5, 5.41) is 3.98. The molecule has 2 aromatic rings. The molecule has 2 nitrogen and oxygen atoms in total. The minimum Gasteiger partial charge on any atom is -0.367 e. The largest absolute Gasteiger partial charge is 0.367 e. The van der Waals surface area contributed by atoms with Crippen LogP contribution in [0.25, 0.3) is 0 Å². The lowest BCUT2D eigenvalue weighted by molar-refractivity contribution is 0.0443. The molecule has 0 spiro atoms. The maximum Gasteiger partial charge on any atom is 0.128 e. The van der Waals surface area contributed by atoms with Gasteiger partial charge in [0, 0.05) is 12.1 Å². The SMILES string of the molecule is NCC(OCc1ccccc1F)c1ccsc1. The van der Waals surface area contributed by atoms with Crippen LogP contribution in [0, 0.1) is 5.82 Å². The van der Waals surface area contributed by atoms with Gasteiger partial charge in [0.1, 0.15) is 5.82 Å². The highest BCUT2D eigenvalue weighted by Gasteiger charge is 2.11. The Bertz CT molecular complexity index is 458. The molecule has 17 heavy (non-hydrogen) atoms. The second-order valence-electron chi connectivity index (χ2n) is 3.68. The molecule has 0 aliphatic heterocycles. The molecular formula is C13H14FNOS. The van der Waals surface area contributed by atoms with Gasteiger partial charge in [-0.2, -0.15) is 11.3 Å². The molecule has 0 fully saturated rings. The average Bonchev–Trinajstić information content (AvgIpc) is 2.86. The molecule has 0 amide bonds. The molecule has 0 aliphatic rings. The van der Waals surface area contributed by atoms with E-state index in [-0.39, 0.29) is 18.5 Å². The molecule has 90 valence electrons. The maximum atomic E-state index is 13.4. The van der Waals surface area contributed by atoms with Crippen LogP contribution in [0.15, 0.2) is 41.1 Å². The Morgan fingerprint density at radius 3 is 2.76 bits per heavy atom. The van der Waals surface area contributed by atoms with Crippen molar-refractivity contribution < 1.29 is 9.13 Å². The predicted molar refractivity (Wildman–Crippen MR) is 67.3 cm³/mol. The summed E-state index contributed by atoms with van der Waals surface area (Å²) in [6.07, 6.45) is -0.166. The van der Waals surface area contributed by atoms with E-state index >= 15 is 0 Å². The van der Waals surface area contributed by atoms with Gasteiger partial charge in [0.2, 0.25) is 0 Å². The highest BCUT2D eigenvalue weighted by molar-refractivity contribution is 7.07. The summed E-state index contributed by atoms with van der Waals surface area (Å²) in [4.78, 5) is 0. The maximum absolute atomic E-state index is 13.4. The van der Waals surface area contributed by atoms with Crippen molar-refractivity contribution in [1.82, 2.24) is 0 Å². The Kier molecular flexibility index (Phi) is 4.25. The van der Waals surface area contributed by atoms with Gasteiger partial charge in [0.15, 0.2) is 0 Å². The number of thiophene rings is 1. The molecule has 1 atom stereocenters. The first kappa shape index (κ1) is 12.2. The highest BCUT2D eigenvalue weighted by Crippen LogP contribution is 2.21. The lowest BCUT2D eigenvalue weighted by Crippen LogP contribution is -2.15. The standard InChI is InChI=1S/C13H14FNOS/c14-12-4-2-1-3-10(12)8-16-13(7-15)11-5-6-17-9-11/h1-6,9,13H,7-8,15H2. The minimum atomic E-state index is -0.242. The molecule has 1 unspecified atom stereocenters. The molecule has 0 saturated heterocycles. The highest BCUT2D eigenvalue weighted by atomic mass is 32.1. The molecule has 1 aromatic heterocycles. The van der Waals surface area contributed by atoms with Crippen molar-refractivity contribution in [1.29, 1.82) is 0 Å². The zero-order valence-corrected chi connectivity index (χ0v) is 10.1. The zero-order valence-electron chi connectivity index (χ0n) is 9.30. The quantitative estimate of drug-likeness (QED) is 0.886. The van der Waals surface area contributed by atoms with Crippen LogP contribution in [0.3, 0.4) is 0 Å². The summed E-state index contributed by atoms with van der Waals surface area (Å²) in [7, 11) is 0. The monoisotopic (exact) mass is 251 g/mol. The molecule has 4 heteroatoms. The fourth-order valence-electron chi connectivity index (χ4n) is 1.56. The molecular weight excluding hydrogens is 237 g/mol. The third kappa shape index (κ3) is 3.12. The van der Waals surface area contributed by atoms with Gasteiger partial charge in [-0.1, -0.05) is 18.2 Å². The summed E-state index contributed by atoms with van der Waals surface area (Å²) >= 11 is 1.60. The van der Waals surface area contributed by atoms with Crippen LogP contribution in [-0.2, 0) is 11.3 Å². The molecule has 2 rings (SSSR count). The van der Waals surface area contributed by atoms with Crippen LogP contribution in [0.4, 0.5) is 4.39 Å². The lowest BCUT2D eigenvalue weighted by atomic mass is 10.2. The Balaban J connectivity index is 2.00. The zero-order chi connectivity index (χ0) is 12.1. The van der Waals surface area contributed by atoms with Gasteiger partial charge in [-0.15, -0.1) is 0 Å². The van der Waals surface area contributed by atoms with Crippen molar-refractivity contribution in [2.45, 2.75) is 12.7 Å². The van der Waals surface area contributed by atoms with Gasteiger partial charge >= 0.3 is 0 Å². The summed E-state index contributed by atoms with van der Waals surface area (Å²) in [5.74, 6) is -0.242. The molecule has 0 saturated carbocycles. The summed E-state index contributed by atoms with van der Waals surface area (Å²) in [5.41, 5.74) is 7.26. The lowest BCUT2D eigenvalue weighted by Gasteiger charge is -2.15. The Morgan fingerprint density at radius 1 is 1.29 bits per heavy atom.